The van der Waals surface area contributed by atoms with Gasteiger partial charge < -0.3 is 4.74 Å². The second-order valence-corrected chi connectivity index (χ2v) is 4.03. The Morgan fingerprint density at radius 3 is 2.44 bits per heavy atom. The molecule has 1 N–H and O–H groups in total. The van der Waals surface area contributed by atoms with Crippen molar-refractivity contribution < 1.29 is 17.9 Å². The first-order valence-corrected chi connectivity index (χ1v) is 6.06. The van der Waals surface area contributed by atoms with Crippen LogP contribution in [-0.2, 0) is 5.33 Å². The highest BCUT2D eigenvalue weighted by Crippen LogP contribution is 2.28. The van der Waals surface area contributed by atoms with E-state index in [9.17, 15) is 13.2 Å². The molecule has 0 bridgehead atoms. The van der Waals surface area contributed by atoms with Gasteiger partial charge in [-0.3, -0.25) is 5.10 Å². The van der Waals surface area contributed by atoms with Gasteiger partial charge in [0, 0.05) is 10.9 Å². The molecule has 0 unspecified atom stereocenters. The standard InChI is InChI=1S/C11H8BrF3N2O/c12-5-10-9(6-16-17-10)7-1-3-8(4-2-7)18-11(13,14)15/h1-4,6H,5H2,(H,16,17). The maximum atomic E-state index is 12.0. The first kappa shape index (κ1) is 12.9. The normalized spacial score (nSPS) is 11.6. The molecule has 0 radical (unpaired) electrons. The van der Waals surface area contributed by atoms with Gasteiger partial charge in [0.15, 0.2) is 0 Å². The van der Waals surface area contributed by atoms with Crippen LogP contribution in [0.25, 0.3) is 11.1 Å². The highest BCUT2D eigenvalue weighted by molar-refractivity contribution is 9.08. The van der Waals surface area contributed by atoms with E-state index in [0.717, 1.165) is 16.8 Å². The fourth-order valence-corrected chi connectivity index (χ4v) is 1.93. The van der Waals surface area contributed by atoms with E-state index in [1.54, 1.807) is 18.3 Å². The molecule has 2 rings (SSSR count). The lowest BCUT2D eigenvalue weighted by molar-refractivity contribution is -0.274. The van der Waals surface area contributed by atoms with Gasteiger partial charge in [-0.1, -0.05) is 28.1 Å². The van der Waals surface area contributed by atoms with Crippen molar-refractivity contribution in [3.63, 3.8) is 0 Å². The Morgan fingerprint density at radius 1 is 1.22 bits per heavy atom. The first-order valence-electron chi connectivity index (χ1n) is 4.94. The van der Waals surface area contributed by atoms with Crippen molar-refractivity contribution in [3.8, 4) is 16.9 Å². The number of hydrogen-bond donors (Lipinski definition) is 1. The van der Waals surface area contributed by atoms with Gasteiger partial charge in [-0.25, -0.2) is 0 Å². The highest BCUT2D eigenvalue weighted by Gasteiger charge is 2.30. The van der Waals surface area contributed by atoms with Gasteiger partial charge in [-0.05, 0) is 17.7 Å². The van der Waals surface area contributed by atoms with Crippen molar-refractivity contribution in [1.29, 1.82) is 0 Å². The van der Waals surface area contributed by atoms with Gasteiger partial charge in [0.1, 0.15) is 5.75 Å². The van der Waals surface area contributed by atoms with Crippen molar-refractivity contribution in [2.24, 2.45) is 0 Å². The number of alkyl halides is 4. The predicted octanol–water partition coefficient (Wildman–Crippen LogP) is 3.87. The average Bonchev–Trinajstić information content (AvgIpc) is 2.76. The Labute approximate surface area is 109 Å². The van der Waals surface area contributed by atoms with Crippen LogP contribution in [0.5, 0.6) is 5.75 Å². The number of H-pyrrole nitrogens is 1. The smallest absolute Gasteiger partial charge is 0.406 e. The van der Waals surface area contributed by atoms with Crippen LogP contribution in [0.15, 0.2) is 30.5 Å². The number of nitrogens with zero attached hydrogens (tertiary/aromatic N) is 1. The van der Waals surface area contributed by atoms with E-state index in [1.165, 1.54) is 12.1 Å². The first-order chi connectivity index (χ1) is 8.49. The van der Waals surface area contributed by atoms with Crippen LogP contribution in [0.3, 0.4) is 0 Å². The largest absolute Gasteiger partial charge is 0.573 e. The summed E-state index contributed by atoms with van der Waals surface area (Å²) in [6.07, 6.45) is -3.05. The molecule has 2 aromatic rings. The van der Waals surface area contributed by atoms with Crippen molar-refractivity contribution >= 4 is 15.9 Å². The zero-order valence-corrected chi connectivity index (χ0v) is 10.5. The summed E-state index contributed by atoms with van der Waals surface area (Å²) in [4.78, 5) is 0. The summed E-state index contributed by atoms with van der Waals surface area (Å²) in [5, 5.41) is 7.27. The number of nitrogens with one attached hydrogen (secondary N) is 1. The molecular weight excluding hydrogens is 313 g/mol. The highest BCUT2D eigenvalue weighted by atomic mass is 79.9. The molecular formula is C11H8BrF3N2O. The van der Waals surface area contributed by atoms with E-state index in [-0.39, 0.29) is 5.75 Å². The summed E-state index contributed by atoms with van der Waals surface area (Å²) < 4.78 is 39.8. The molecule has 0 saturated heterocycles. The molecule has 0 aliphatic heterocycles. The van der Waals surface area contributed by atoms with Gasteiger partial charge in [-0.15, -0.1) is 13.2 Å². The molecule has 0 fully saturated rings. The van der Waals surface area contributed by atoms with Gasteiger partial charge in [-0.2, -0.15) is 5.10 Å². The number of hydrogen-bond acceptors (Lipinski definition) is 2. The van der Waals surface area contributed by atoms with Crippen LogP contribution >= 0.6 is 15.9 Å². The third-order valence-corrected chi connectivity index (χ3v) is 2.81. The summed E-state index contributed by atoms with van der Waals surface area (Å²) in [7, 11) is 0. The number of rotatable bonds is 3. The minimum absolute atomic E-state index is 0.241. The van der Waals surface area contributed by atoms with Crippen LogP contribution in [0.1, 0.15) is 5.69 Å². The fraction of sp³-hybridized carbons (Fsp3) is 0.182. The second kappa shape index (κ2) is 5.01. The third kappa shape index (κ3) is 3.04. The molecule has 0 amide bonds. The second-order valence-electron chi connectivity index (χ2n) is 3.47. The number of aromatic nitrogens is 2. The van der Waals surface area contributed by atoms with E-state index in [0.29, 0.717) is 5.33 Å². The summed E-state index contributed by atoms with van der Waals surface area (Å²) in [6, 6.07) is 5.65. The molecule has 0 aliphatic rings. The van der Waals surface area contributed by atoms with E-state index < -0.39 is 6.36 Å². The molecule has 0 atom stereocenters. The zero-order chi connectivity index (χ0) is 13.2. The maximum absolute atomic E-state index is 12.0. The predicted molar refractivity (Wildman–Crippen MR) is 63.3 cm³/mol. The number of ether oxygens (including phenoxy) is 1. The van der Waals surface area contributed by atoms with Crippen LogP contribution in [0.4, 0.5) is 13.2 Å². The average molecular weight is 321 g/mol. The summed E-state index contributed by atoms with van der Waals surface area (Å²) in [6.45, 7) is 0. The number of halogens is 4. The zero-order valence-electron chi connectivity index (χ0n) is 8.96. The van der Waals surface area contributed by atoms with E-state index in [1.807, 2.05) is 0 Å². The Morgan fingerprint density at radius 2 is 1.89 bits per heavy atom. The molecule has 0 spiro atoms. The van der Waals surface area contributed by atoms with Gasteiger partial charge in [0.2, 0.25) is 0 Å². The molecule has 3 nitrogen and oxygen atoms in total. The van der Waals surface area contributed by atoms with Crippen LogP contribution in [0.2, 0.25) is 0 Å². The number of benzene rings is 1. The van der Waals surface area contributed by atoms with Gasteiger partial charge >= 0.3 is 6.36 Å². The summed E-state index contributed by atoms with van der Waals surface area (Å²) in [5.41, 5.74) is 2.47. The molecule has 96 valence electrons. The Kier molecular flexibility index (Phi) is 3.60. The van der Waals surface area contributed by atoms with E-state index in [2.05, 4.69) is 30.9 Å². The van der Waals surface area contributed by atoms with Crippen LogP contribution in [0, 0.1) is 0 Å². The molecule has 1 aromatic carbocycles. The Balaban J connectivity index is 2.23. The molecule has 0 aliphatic carbocycles. The van der Waals surface area contributed by atoms with Crippen molar-refractivity contribution in [2.75, 3.05) is 0 Å². The minimum atomic E-state index is -4.67. The maximum Gasteiger partial charge on any atom is 0.573 e. The SMILES string of the molecule is FC(F)(F)Oc1ccc(-c2cn[nH]c2CBr)cc1. The minimum Gasteiger partial charge on any atom is -0.406 e. The quantitative estimate of drug-likeness (QED) is 0.872. The molecule has 1 heterocycles. The topological polar surface area (TPSA) is 37.9 Å². The molecule has 18 heavy (non-hydrogen) atoms. The Hall–Kier alpha value is -1.50. The van der Waals surface area contributed by atoms with Gasteiger partial charge in [0.25, 0.3) is 0 Å². The van der Waals surface area contributed by atoms with Crippen molar-refractivity contribution in [1.82, 2.24) is 10.2 Å². The monoisotopic (exact) mass is 320 g/mol. The summed E-state index contributed by atoms with van der Waals surface area (Å²) in [5.74, 6) is -0.241. The molecule has 1 aromatic heterocycles. The van der Waals surface area contributed by atoms with Crippen LogP contribution < -0.4 is 4.74 Å². The summed E-state index contributed by atoms with van der Waals surface area (Å²) >= 11 is 3.29. The van der Waals surface area contributed by atoms with Crippen molar-refractivity contribution in [2.45, 2.75) is 11.7 Å². The van der Waals surface area contributed by atoms with Crippen molar-refractivity contribution in [3.05, 3.63) is 36.2 Å². The Bertz CT molecular complexity index is 522. The third-order valence-electron chi connectivity index (χ3n) is 2.25. The number of aromatic amines is 1. The lowest BCUT2D eigenvalue weighted by atomic mass is 10.1. The fourth-order valence-electron chi connectivity index (χ4n) is 1.50. The van der Waals surface area contributed by atoms with Crippen LogP contribution in [-0.4, -0.2) is 16.6 Å². The lowest BCUT2D eigenvalue weighted by Crippen LogP contribution is -2.16. The van der Waals surface area contributed by atoms with E-state index >= 15 is 0 Å². The molecule has 7 heteroatoms. The lowest BCUT2D eigenvalue weighted by Gasteiger charge is -2.09. The molecule has 0 saturated carbocycles. The van der Waals surface area contributed by atoms with E-state index in [4.69, 9.17) is 0 Å². The van der Waals surface area contributed by atoms with Gasteiger partial charge in [0.05, 0.1) is 11.9 Å².